The number of benzene rings is 1. The van der Waals surface area contributed by atoms with Gasteiger partial charge in [0.2, 0.25) is 0 Å². The lowest BCUT2D eigenvalue weighted by molar-refractivity contribution is 0.628. The molecule has 0 fully saturated rings. The first-order valence-corrected chi connectivity index (χ1v) is 5.52. The molecular weight excluding hydrogens is 211 g/mol. The molecule has 0 aliphatic carbocycles. The number of hydrogen-bond acceptors (Lipinski definition) is 3. The van der Waals surface area contributed by atoms with E-state index >= 15 is 0 Å². The largest absolute Gasteiger partial charge is 0.323 e. The summed E-state index contributed by atoms with van der Waals surface area (Å²) >= 11 is 1.52. The number of rotatable bonds is 2. The number of hydrogen-bond donors (Lipinski definition) is 1. The van der Waals surface area contributed by atoms with Crippen molar-refractivity contribution in [1.29, 1.82) is 0 Å². The highest BCUT2D eigenvalue weighted by Crippen LogP contribution is 2.25. The summed E-state index contributed by atoms with van der Waals surface area (Å²) in [5, 5.41) is 2.81. The number of aromatic nitrogens is 1. The quantitative estimate of drug-likeness (QED) is 0.848. The summed E-state index contributed by atoms with van der Waals surface area (Å²) in [6.45, 7) is 1.89. The summed E-state index contributed by atoms with van der Waals surface area (Å²) < 4.78 is 12.7. The molecule has 0 radical (unpaired) electrons. The van der Waals surface area contributed by atoms with Crippen LogP contribution in [-0.4, -0.2) is 4.98 Å². The highest BCUT2D eigenvalue weighted by molar-refractivity contribution is 7.13. The second-order valence-electron chi connectivity index (χ2n) is 3.37. The summed E-state index contributed by atoms with van der Waals surface area (Å²) in [6, 6.07) is 6.25. The van der Waals surface area contributed by atoms with Crippen molar-refractivity contribution in [2.75, 3.05) is 0 Å². The van der Waals surface area contributed by atoms with Crippen LogP contribution >= 0.6 is 11.3 Å². The van der Waals surface area contributed by atoms with Crippen LogP contribution in [-0.2, 0) is 0 Å². The maximum atomic E-state index is 12.7. The molecule has 1 aromatic carbocycles. The molecule has 0 aliphatic rings. The highest BCUT2D eigenvalue weighted by Gasteiger charge is 2.07. The van der Waals surface area contributed by atoms with Crippen molar-refractivity contribution in [1.82, 2.24) is 4.98 Å². The van der Waals surface area contributed by atoms with E-state index in [1.807, 2.05) is 12.3 Å². The molecule has 0 bridgehead atoms. The van der Waals surface area contributed by atoms with E-state index < -0.39 is 0 Å². The lowest BCUT2D eigenvalue weighted by atomic mass is 10.2. The summed E-state index contributed by atoms with van der Waals surface area (Å²) in [5.41, 5.74) is 7.51. The van der Waals surface area contributed by atoms with Crippen molar-refractivity contribution in [3.8, 4) is 10.6 Å². The second kappa shape index (κ2) is 4.08. The maximum Gasteiger partial charge on any atom is 0.123 e. The molecule has 4 heteroatoms. The molecule has 2 rings (SSSR count). The van der Waals surface area contributed by atoms with Gasteiger partial charge in [-0.15, -0.1) is 11.3 Å². The topological polar surface area (TPSA) is 38.9 Å². The van der Waals surface area contributed by atoms with E-state index in [9.17, 15) is 4.39 Å². The molecule has 0 saturated carbocycles. The SMILES string of the molecule is CC(N)c1csc(-c2ccc(F)cc2)n1. The molecule has 1 heterocycles. The fraction of sp³-hybridized carbons (Fsp3) is 0.182. The van der Waals surface area contributed by atoms with Crippen LogP contribution in [0.15, 0.2) is 29.6 Å². The maximum absolute atomic E-state index is 12.7. The van der Waals surface area contributed by atoms with Crippen LogP contribution in [0.4, 0.5) is 4.39 Å². The Balaban J connectivity index is 2.33. The Morgan fingerprint density at radius 3 is 2.53 bits per heavy atom. The van der Waals surface area contributed by atoms with E-state index in [0.29, 0.717) is 0 Å². The zero-order chi connectivity index (χ0) is 10.8. The summed E-state index contributed by atoms with van der Waals surface area (Å²) in [7, 11) is 0. The van der Waals surface area contributed by atoms with Gasteiger partial charge in [0.15, 0.2) is 0 Å². The minimum atomic E-state index is -0.234. The molecule has 2 N–H and O–H groups in total. The smallest absolute Gasteiger partial charge is 0.123 e. The van der Waals surface area contributed by atoms with Crippen molar-refractivity contribution in [3.05, 3.63) is 41.2 Å². The third-order valence-corrected chi connectivity index (χ3v) is 2.99. The molecule has 0 aliphatic heterocycles. The van der Waals surface area contributed by atoms with Gasteiger partial charge in [-0.25, -0.2) is 9.37 Å². The molecular formula is C11H11FN2S. The Hall–Kier alpha value is -1.26. The van der Waals surface area contributed by atoms with Gasteiger partial charge in [0.1, 0.15) is 10.8 Å². The van der Waals surface area contributed by atoms with Crippen LogP contribution in [0.25, 0.3) is 10.6 Å². The van der Waals surface area contributed by atoms with Crippen molar-refractivity contribution >= 4 is 11.3 Å². The first kappa shape index (κ1) is 10.3. The van der Waals surface area contributed by atoms with Gasteiger partial charge in [-0.1, -0.05) is 0 Å². The molecule has 0 saturated heterocycles. The van der Waals surface area contributed by atoms with Gasteiger partial charge in [0.05, 0.1) is 5.69 Å². The van der Waals surface area contributed by atoms with Crippen LogP contribution < -0.4 is 5.73 Å². The Bertz CT molecular complexity index is 448. The molecule has 1 unspecified atom stereocenters. The number of nitrogens with zero attached hydrogens (tertiary/aromatic N) is 1. The van der Waals surface area contributed by atoms with E-state index in [1.165, 1.54) is 23.5 Å². The summed E-state index contributed by atoms with van der Waals surface area (Å²) in [6.07, 6.45) is 0. The lowest BCUT2D eigenvalue weighted by Gasteiger charge is -1.98. The van der Waals surface area contributed by atoms with E-state index in [-0.39, 0.29) is 11.9 Å². The Morgan fingerprint density at radius 1 is 1.33 bits per heavy atom. The predicted molar refractivity (Wildman–Crippen MR) is 60.1 cm³/mol. The monoisotopic (exact) mass is 222 g/mol. The highest BCUT2D eigenvalue weighted by atomic mass is 32.1. The molecule has 78 valence electrons. The van der Waals surface area contributed by atoms with E-state index in [0.717, 1.165) is 16.3 Å². The van der Waals surface area contributed by atoms with Gasteiger partial charge in [0.25, 0.3) is 0 Å². The first-order chi connectivity index (χ1) is 7.16. The van der Waals surface area contributed by atoms with Crippen molar-refractivity contribution < 1.29 is 4.39 Å². The molecule has 15 heavy (non-hydrogen) atoms. The normalized spacial score (nSPS) is 12.7. The Morgan fingerprint density at radius 2 is 2.00 bits per heavy atom. The minimum Gasteiger partial charge on any atom is -0.323 e. The number of thiazole rings is 1. The fourth-order valence-corrected chi connectivity index (χ4v) is 2.15. The first-order valence-electron chi connectivity index (χ1n) is 4.64. The fourth-order valence-electron chi connectivity index (χ4n) is 1.22. The van der Waals surface area contributed by atoms with Crippen molar-refractivity contribution in [3.63, 3.8) is 0 Å². The molecule has 2 nitrogen and oxygen atoms in total. The van der Waals surface area contributed by atoms with Crippen LogP contribution in [0.1, 0.15) is 18.7 Å². The third kappa shape index (κ3) is 2.22. The third-order valence-electron chi connectivity index (χ3n) is 2.08. The lowest BCUT2D eigenvalue weighted by Crippen LogP contribution is -2.04. The van der Waals surface area contributed by atoms with Gasteiger partial charge in [-0.3, -0.25) is 0 Å². The molecule has 0 amide bonds. The van der Waals surface area contributed by atoms with E-state index in [4.69, 9.17) is 5.73 Å². The zero-order valence-corrected chi connectivity index (χ0v) is 9.09. The standard InChI is InChI=1S/C11H11FN2S/c1-7(13)10-6-15-11(14-10)8-2-4-9(12)5-3-8/h2-7H,13H2,1H3. The number of nitrogens with two attached hydrogens (primary N) is 1. The van der Waals surface area contributed by atoms with E-state index in [1.54, 1.807) is 12.1 Å². The zero-order valence-electron chi connectivity index (χ0n) is 8.27. The Labute approximate surface area is 91.6 Å². The number of halogens is 1. The minimum absolute atomic E-state index is 0.0598. The molecule has 0 spiro atoms. The van der Waals surface area contributed by atoms with Gasteiger partial charge in [-0.2, -0.15) is 0 Å². The predicted octanol–water partition coefficient (Wildman–Crippen LogP) is 2.97. The van der Waals surface area contributed by atoms with Gasteiger partial charge in [0, 0.05) is 17.0 Å². The Kier molecular flexibility index (Phi) is 2.79. The van der Waals surface area contributed by atoms with E-state index in [2.05, 4.69) is 4.98 Å². The molecule has 1 atom stereocenters. The van der Waals surface area contributed by atoms with Gasteiger partial charge < -0.3 is 5.73 Å². The average molecular weight is 222 g/mol. The van der Waals surface area contributed by atoms with Crippen LogP contribution in [0.5, 0.6) is 0 Å². The second-order valence-corrected chi connectivity index (χ2v) is 4.23. The molecule has 1 aromatic heterocycles. The van der Waals surface area contributed by atoms with Gasteiger partial charge >= 0.3 is 0 Å². The van der Waals surface area contributed by atoms with Crippen LogP contribution in [0.2, 0.25) is 0 Å². The van der Waals surface area contributed by atoms with Crippen molar-refractivity contribution in [2.24, 2.45) is 5.73 Å². The van der Waals surface area contributed by atoms with Crippen LogP contribution in [0.3, 0.4) is 0 Å². The summed E-state index contributed by atoms with van der Waals surface area (Å²) in [5.74, 6) is -0.234. The van der Waals surface area contributed by atoms with Gasteiger partial charge in [-0.05, 0) is 31.2 Å². The van der Waals surface area contributed by atoms with Crippen molar-refractivity contribution in [2.45, 2.75) is 13.0 Å². The molecule has 2 aromatic rings. The van der Waals surface area contributed by atoms with Crippen LogP contribution in [0, 0.1) is 5.82 Å². The summed E-state index contributed by atoms with van der Waals surface area (Å²) in [4.78, 5) is 4.38. The average Bonchev–Trinajstić information content (AvgIpc) is 2.68.